The average Bonchev–Trinajstić information content (AvgIpc) is 3.59. The van der Waals surface area contributed by atoms with Crippen molar-refractivity contribution in [2.45, 2.75) is 25.8 Å². The van der Waals surface area contributed by atoms with Crippen LogP contribution in [-0.2, 0) is 21.4 Å². The van der Waals surface area contributed by atoms with E-state index in [0.29, 0.717) is 11.1 Å². The normalized spacial score (nSPS) is 10.9. The van der Waals surface area contributed by atoms with Crippen LogP contribution in [0.1, 0.15) is 41.6 Å². The molecule has 0 aliphatic heterocycles. The van der Waals surface area contributed by atoms with Crippen LogP contribution in [0.25, 0.3) is 42.7 Å². The third-order valence-corrected chi connectivity index (χ3v) is 10.9. The van der Waals surface area contributed by atoms with E-state index in [1.807, 2.05) is 37.3 Å². The Bertz CT molecular complexity index is 1860. The van der Waals surface area contributed by atoms with Crippen LogP contribution in [0.3, 0.4) is 0 Å². The fraction of sp³-hybridized carbons (Fsp3) is 0.176. The Morgan fingerprint density at radius 2 is 1.20 bits per heavy atom. The van der Waals surface area contributed by atoms with Gasteiger partial charge in [0.05, 0.1) is 43.3 Å². The number of methoxy groups -OCH3 is 2. The molecule has 44 heavy (non-hydrogen) atoms. The van der Waals surface area contributed by atoms with Gasteiger partial charge >= 0.3 is 11.9 Å². The molecule has 7 nitrogen and oxygen atoms in total. The van der Waals surface area contributed by atoms with Crippen molar-refractivity contribution >= 4 is 70.7 Å². The average molecular weight is 690 g/mol. The molecule has 0 amide bonds. The number of ether oxygens (including phenoxy) is 2. The molecule has 0 aliphatic carbocycles. The highest BCUT2D eigenvalue weighted by molar-refractivity contribution is 9.08. The topological polar surface area (TPSA) is 98.6 Å². The van der Waals surface area contributed by atoms with Crippen LogP contribution < -0.4 is 0 Å². The largest absolute Gasteiger partial charge is 0.465 e. The second kappa shape index (κ2) is 13.8. The number of carbonyl (C=O) groups is 2. The lowest BCUT2D eigenvalue weighted by molar-refractivity contribution is 0.0592. The summed E-state index contributed by atoms with van der Waals surface area (Å²) in [7, 11) is 2.74. The zero-order valence-corrected chi connectivity index (χ0v) is 27.7. The molecule has 0 spiro atoms. The first-order chi connectivity index (χ1) is 21.3. The van der Waals surface area contributed by atoms with Gasteiger partial charge in [-0.15, -0.1) is 22.7 Å². The van der Waals surface area contributed by atoms with Crippen LogP contribution in [0.4, 0.5) is 0 Å². The van der Waals surface area contributed by atoms with E-state index in [0.717, 1.165) is 48.4 Å². The number of aliphatic hydroxyl groups excluding tert-OH is 1. The first kappa shape index (κ1) is 31.5. The molecule has 1 N–H and O–H groups in total. The Labute approximate surface area is 271 Å². The van der Waals surface area contributed by atoms with Crippen molar-refractivity contribution in [1.82, 2.24) is 9.97 Å². The summed E-state index contributed by atoms with van der Waals surface area (Å²) in [5.74, 6) is -0.728. The molecular weight excluding hydrogens is 660 g/mol. The molecule has 4 heterocycles. The molecule has 0 saturated carbocycles. The molecule has 0 radical (unpaired) electrons. The Balaban J connectivity index is 0.000000175. The minimum Gasteiger partial charge on any atom is -0.465 e. The van der Waals surface area contributed by atoms with E-state index in [4.69, 9.17) is 9.47 Å². The molecule has 2 aromatic carbocycles. The number of aromatic nitrogens is 2. The summed E-state index contributed by atoms with van der Waals surface area (Å²) in [5, 5.41) is 12.7. The Kier molecular flexibility index (Phi) is 9.85. The number of alkyl halides is 1. The minimum atomic E-state index is -0.380. The number of esters is 2. The first-order valence-electron chi connectivity index (χ1n) is 13.6. The van der Waals surface area contributed by atoms with E-state index in [-0.39, 0.29) is 18.5 Å². The molecule has 6 aromatic rings. The Hall–Kier alpha value is -3.96. The fourth-order valence-electron chi connectivity index (χ4n) is 4.91. The smallest absolute Gasteiger partial charge is 0.337 e. The van der Waals surface area contributed by atoms with Crippen molar-refractivity contribution < 1.29 is 24.2 Å². The molecule has 0 aliphatic rings. The Morgan fingerprint density at radius 3 is 1.64 bits per heavy atom. The fourth-order valence-corrected chi connectivity index (χ4v) is 8.04. The lowest BCUT2D eigenvalue weighted by Gasteiger charge is -2.05. The molecule has 0 atom stereocenters. The number of nitrogens with zero attached hydrogens (tertiary/aromatic N) is 2. The maximum atomic E-state index is 11.7. The molecule has 224 valence electrons. The lowest BCUT2D eigenvalue weighted by atomic mass is 10.0. The van der Waals surface area contributed by atoms with Gasteiger partial charge < -0.3 is 14.6 Å². The van der Waals surface area contributed by atoms with E-state index >= 15 is 0 Å². The first-order valence-corrected chi connectivity index (χ1v) is 16.3. The standard InChI is InChI=1S/C17H14BrNO2S.C17H15NO3S/c1-10-12-4-3-5-13(16(12)22-15(10)9-18)14-8-11(6-7-19-14)17(20)21-2;1-10-12-4-3-5-13(16(12)22-15(10)9-19)14-8-11(6-7-18-14)17(20)21-2/h3-8H,9H2,1-2H3;3-8,19H,9H2,1-2H3. The number of fused-ring (bicyclic) bond motifs is 2. The van der Waals surface area contributed by atoms with E-state index < -0.39 is 0 Å². The highest BCUT2D eigenvalue weighted by atomic mass is 79.9. The molecular formula is C34H29BrN2O5S2. The van der Waals surface area contributed by atoms with Crippen molar-refractivity contribution in [2.75, 3.05) is 14.2 Å². The predicted molar refractivity (Wildman–Crippen MR) is 181 cm³/mol. The third-order valence-electron chi connectivity index (χ3n) is 7.30. The number of hydrogen-bond donors (Lipinski definition) is 1. The molecule has 10 heteroatoms. The summed E-state index contributed by atoms with van der Waals surface area (Å²) in [4.78, 5) is 34.5. The van der Waals surface area contributed by atoms with E-state index in [1.165, 1.54) is 34.7 Å². The molecule has 0 saturated heterocycles. The summed E-state index contributed by atoms with van der Waals surface area (Å²) in [6.07, 6.45) is 3.25. The Morgan fingerprint density at radius 1 is 0.750 bits per heavy atom. The van der Waals surface area contributed by atoms with Crippen LogP contribution in [0.15, 0.2) is 73.1 Å². The summed E-state index contributed by atoms with van der Waals surface area (Å²) >= 11 is 6.86. The zero-order chi connectivity index (χ0) is 31.4. The molecule has 0 unspecified atom stereocenters. The number of rotatable bonds is 6. The number of pyridine rings is 2. The second-order valence-electron chi connectivity index (χ2n) is 9.80. The SMILES string of the molecule is COC(=O)c1ccnc(-c2cccc3c(C)c(CBr)sc23)c1.COC(=O)c1ccnc(-c2cccc3c(C)c(CO)sc23)c1. The van der Waals surface area contributed by atoms with E-state index in [9.17, 15) is 14.7 Å². The zero-order valence-electron chi connectivity index (χ0n) is 24.5. The van der Waals surface area contributed by atoms with Gasteiger partial charge in [0.25, 0.3) is 0 Å². The van der Waals surface area contributed by atoms with Crippen LogP contribution in [0, 0.1) is 13.8 Å². The number of halogens is 1. The number of carbonyl (C=O) groups excluding carboxylic acids is 2. The van der Waals surface area contributed by atoms with Crippen molar-refractivity contribution in [3.05, 3.63) is 105 Å². The quantitative estimate of drug-likeness (QED) is 0.138. The van der Waals surface area contributed by atoms with Crippen molar-refractivity contribution in [2.24, 2.45) is 0 Å². The summed E-state index contributed by atoms with van der Waals surface area (Å²) < 4.78 is 11.8. The molecule has 0 fully saturated rings. The predicted octanol–water partition coefficient (Wildman–Crippen LogP) is 8.50. The highest BCUT2D eigenvalue weighted by Crippen LogP contribution is 2.39. The van der Waals surface area contributed by atoms with Crippen molar-refractivity contribution in [1.29, 1.82) is 0 Å². The summed E-state index contributed by atoms with van der Waals surface area (Å²) in [5.41, 5.74) is 6.88. The van der Waals surface area contributed by atoms with E-state index in [1.54, 1.807) is 59.3 Å². The summed E-state index contributed by atoms with van der Waals surface area (Å²) in [6, 6.07) is 19.0. The minimum absolute atomic E-state index is 0.0280. The van der Waals surface area contributed by atoms with Crippen LogP contribution in [0.5, 0.6) is 0 Å². The number of aliphatic hydroxyl groups is 1. The van der Waals surface area contributed by atoms with Gasteiger partial charge in [0, 0.05) is 48.0 Å². The lowest BCUT2D eigenvalue weighted by Crippen LogP contribution is -2.01. The highest BCUT2D eigenvalue weighted by Gasteiger charge is 2.16. The van der Waals surface area contributed by atoms with Crippen LogP contribution in [0.2, 0.25) is 0 Å². The van der Waals surface area contributed by atoms with Crippen molar-refractivity contribution in [3.8, 4) is 22.5 Å². The summed E-state index contributed by atoms with van der Waals surface area (Å²) in [6.45, 7) is 4.17. The van der Waals surface area contributed by atoms with Gasteiger partial charge in [-0.25, -0.2) is 9.59 Å². The van der Waals surface area contributed by atoms with Gasteiger partial charge in [0.15, 0.2) is 0 Å². The maximum Gasteiger partial charge on any atom is 0.337 e. The molecule has 6 rings (SSSR count). The number of hydrogen-bond acceptors (Lipinski definition) is 9. The second-order valence-corrected chi connectivity index (χ2v) is 12.6. The van der Waals surface area contributed by atoms with Crippen LogP contribution >= 0.6 is 38.6 Å². The molecule has 4 aromatic heterocycles. The number of aryl methyl sites for hydroxylation is 2. The number of thiophene rings is 2. The van der Waals surface area contributed by atoms with Crippen LogP contribution in [-0.4, -0.2) is 41.2 Å². The maximum absolute atomic E-state index is 11.7. The monoisotopic (exact) mass is 688 g/mol. The number of benzene rings is 2. The van der Waals surface area contributed by atoms with Gasteiger partial charge in [-0.2, -0.15) is 0 Å². The molecule has 0 bridgehead atoms. The van der Waals surface area contributed by atoms with Gasteiger partial charge in [0.1, 0.15) is 0 Å². The van der Waals surface area contributed by atoms with E-state index in [2.05, 4.69) is 38.9 Å². The third kappa shape index (κ3) is 6.16. The van der Waals surface area contributed by atoms with Gasteiger partial charge in [-0.3, -0.25) is 9.97 Å². The van der Waals surface area contributed by atoms with Gasteiger partial charge in [-0.05, 0) is 60.0 Å². The van der Waals surface area contributed by atoms with Gasteiger partial charge in [-0.1, -0.05) is 52.3 Å². The van der Waals surface area contributed by atoms with Gasteiger partial charge in [0.2, 0.25) is 0 Å². The van der Waals surface area contributed by atoms with Crippen molar-refractivity contribution in [3.63, 3.8) is 0 Å².